The van der Waals surface area contributed by atoms with Crippen LogP contribution in [0.3, 0.4) is 0 Å². The first kappa shape index (κ1) is 17.3. The molecule has 4 aromatic rings. The van der Waals surface area contributed by atoms with E-state index in [1.807, 2.05) is 0 Å². The lowest BCUT2D eigenvalue weighted by molar-refractivity contribution is 0.803. The van der Waals surface area contributed by atoms with Gasteiger partial charge in [-0.25, -0.2) is 0 Å². The molecular weight excluding hydrogens is 400 g/mol. The molecule has 4 aromatic carbocycles. The average Bonchev–Trinajstić information content (AvgIpc) is 3.25. The van der Waals surface area contributed by atoms with Crippen molar-refractivity contribution >= 4 is 23.5 Å². The Morgan fingerprint density at radius 3 is 0.933 bits per heavy atom. The standard InChI is InChI=1S/C28H20S2/c1-5-13-23-19(9-1)20-10-2-6-14-24(20)27(23)17-30-28(18-29-27)25-15-7-3-11-21(25)22-12-4-8-16-26(22)28/h1-16H,17-18H2. The quantitative estimate of drug-likeness (QED) is 0.292. The lowest BCUT2D eigenvalue weighted by Gasteiger charge is -2.44. The minimum atomic E-state index is 0.0512. The van der Waals surface area contributed by atoms with Crippen LogP contribution in [0.25, 0.3) is 22.3 Å². The van der Waals surface area contributed by atoms with Gasteiger partial charge in [0.05, 0.1) is 9.49 Å². The predicted octanol–water partition coefficient (Wildman–Crippen LogP) is 7.31. The summed E-state index contributed by atoms with van der Waals surface area (Å²) in [6, 6.07) is 36.2. The molecule has 2 aliphatic carbocycles. The average molecular weight is 421 g/mol. The van der Waals surface area contributed by atoms with Gasteiger partial charge >= 0.3 is 0 Å². The number of hydrogen-bond acceptors (Lipinski definition) is 2. The molecule has 0 atom stereocenters. The Bertz CT molecular complexity index is 1110. The van der Waals surface area contributed by atoms with Crippen molar-refractivity contribution in [2.75, 3.05) is 11.5 Å². The van der Waals surface area contributed by atoms with Crippen LogP contribution in [0.2, 0.25) is 0 Å². The molecular formula is C28H20S2. The third-order valence-electron chi connectivity index (χ3n) is 7.07. The van der Waals surface area contributed by atoms with Crippen molar-refractivity contribution in [3.63, 3.8) is 0 Å². The van der Waals surface area contributed by atoms with Gasteiger partial charge in [-0.05, 0) is 44.5 Å². The fraction of sp³-hybridized carbons (Fsp3) is 0.143. The highest BCUT2D eigenvalue weighted by atomic mass is 32.2. The number of rotatable bonds is 0. The highest BCUT2D eigenvalue weighted by molar-refractivity contribution is 8.07. The zero-order valence-corrected chi connectivity index (χ0v) is 18.1. The summed E-state index contributed by atoms with van der Waals surface area (Å²) in [4.78, 5) is 0. The van der Waals surface area contributed by atoms with Crippen LogP contribution in [0.5, 0.6) is 0 Å². The summed E-state index contributed by atoms with van der Waals surface area (Å²) in [6.07, 6.45) is 0. The smallest absolute Gasteiger partial charge is 0.0760 e. The first-order valence-corrected chi connectivity index (χ1v) is 12.5. The van der Waals surface area contributed by atoms with E-state index in [1.165, 1.54) is 44.5 Å². The van der Waals surface area contributed by atoms with E-state index < -0.39 is 0 Å². The molecule has 0 radical (unpaired) electrons. The van der Waals surface area contributed by atoms with Gasteiger partial charge in [0.15, 0.2) is 0 Å². The van der Waals surface area contributed by atoms with Crippen molar-refractivity contribution in [1.82, 2.24) is 0 Å². The van der Waals surface area contributed by atoms with Crippen LogP contribution in [0, 0.1) is 0 Å². The minimum absolute atomic E-state index is 0.0512. The van der Waals surface area contributed by atoms with E-state index >= 15 is 0 Å². The maximum Gasteiger partial charge on any atom is 0.0760 e. The van der Waals surface area contributed by atoms with Gasteiger partial charge in [0.25, 0.3) is 0 Å². The maximum absolute atomic E-state index is 2.36. The summed E-state index contributed by atoms with van der Waals surface area (Å²) in [7, 11) is 0. The van der Waals surface area contributed by atoms with Crippen molar-refractivity contribution in [2.45, 2.75) is 9.49 Å². The monoisotopic (exact) mass is 420 g/mol. The number of fused-ring (bicyclic) bond motifs is 10. The van der Waals surface area contributed by atoms with Crippen molar-refractivity contribution in [3.8, 4) is 22.3 Å². The summed E-state index contributed by atoms with van der Waals surface area (Å²) in [6.45, 7) is 0. The van der Waals surface area contributed by atoms with Gasteiger partial charge in [-0.3, -0.25) is 0 Å². The van der Waals surface area contributed by atoms with Gasteiger partial charge in [0.1, 0.15) is 0 Å². The van der Waals surface area contributed by atoms with Crippen LogP contribution in [0.4, 0.5) is 0 Å². The van der Waals surface area contributed by atoms with Crippen molar-refractivity contribution < 1.29 is 0 Å². The number of thioether (sulfide) groups is 2. The van der Waals surface area contributed by atoms with E-state index in [9.17, 15) is 0 Å². The van der Waals surface area contributed by atoms with Gasteiger partial charge in [-0.2, -0.15) is 0 Å². The summed E-state index contributed by atoms with van der Waals surface area (Å²) in [5.41, 5.74) is 11.7. The Balaban J connectivity index is 1.40. The largest absolute Gasteiger partial charge is 0.142 e. The van der Waals surface area contributed by atoms with Gasteiger partial charge < -0.3 is 0 Å². The summed E-state index contributed by atoms with van der Waals surface area (Å²) in [5.74, 6) is 2.18. The van der Waals surface area contributed by atoms with Crippen molar-refractivity contribution in [1.29, 1.82) is 0 Å². The van der Waals surface area contributed by atoms with Crippen LogP contribution < -0.4 is 0 Å². The zero-order chi connectivity index (χ0) is 19.8. The highest BCUT2D eigenvalue weighted by Crippen LogP contribution is 2.66. The topological polar surface area (TPSA) is 0 Å². The van der Waals surface area contributed by atoms with E-state index in [4.69, 9.17) is 0 Å². The second-order valence-electron chi connectivity index (χ2n) is 8.41. The summed E-state index contributed by atoms with van der Waals surface area (Å²) < 4.78 is 0.102. The minimum Gasteiger partial charge on any atom is -0.142 e. The molecule has 1 saturated heterocycles. The van der Waals surface area contributed by atoms with Crippen LogP contribution in [0.1, 0.15) is 22.3 Å². The second kappa shape index (κ2) is 6.06. The molecule has 30 heavy (non-hydrogen) atoms. The zero-order valence-electron chi connectivity index (χ0n) is 16.5. The van der Waals surface area contributed by atoms with Gasteiger partial charge in [0, 0.05) is 11.5 Å². The van der Waals surface area contributed by atoms with Gasteiger partial charge in [-0.15, -0.1) is 23.5 Å². The Morgan fingerprint density at radius 2 is 0.667 bits per heavy atom. The third kappa shape index (κ3) is 2.01. The molecule has 0 N–H and O–H groups in total. The van der Waals surface area contributed by atoms with Gasteiger partial charge in [-0.1, -0.05) is 97.1 Å². The summed E-state index contributed by atoms with van der Waals surface area (Å²) >= 11 is 4.32. The van der Waals surface area contributed by atoms with E-state index in [2.05, 4.69) is 121 Å². The molecule has 1 heterocycles. The fourth-order valence-corrected chi connectivity index (χ4v) is 9.60. The first-order valence-electron chi connectivity index (χ1n) is 10.5. The normalized spacial score (nSPS) is 18.7. The molecule has 144 valence electrons. The van der Waals surface area contributed by atoms with Crippen LogP contribution in [-0.2, 0) is 9.49 Å². The van der Waals surface area contributed by atoms with Crippen LogP contribution in [0.15, 0.2) is 97.1 Å². The fourth-order valence-electron chi connectivity index (χ4n) is 5.73. The molecule has 2 spiro atoms. The molecule has 0 nitrogen and oxygen atoms in total. The van der Waals surface area contributed by atoms with E-state index in [0.29, 0.717) is 0 Å². The van der Waals surface area contributed by atoms with Gasteiger partial charge in [0.2, 0.25) is 0 Å². The Hall–Kier alpha value is -2.42. The van der Waals surface area contributed by atoms with Crippen LogP contribution >= 0.6 is 23.5 Å². The molecule has 0 saturated carbocycles. The lowest BCUT2D eigenvalue weighted by Crippen LogP contribution is -2.38. The maximum atomic E-state index is 2.36. The van der Waals surface area contributed by atoms with Crippen molar-refractivity contribution in [2.24, 2.45) is 0 Å². The molecule has 3 aliphatic rings. The molecule has 0 bridgehead atoms. The number of benzene rings is 4. The second-order valence-corrected chi connectivity index (χ2v) is 11.0. The first-order chi connectivity index (χ1) is 14.8. The lowest BCUT2D eigenvalue weighted by atomic mass is 9.96. The van der Waals surface area contributed by atoms with E-state index in [-0.39, 0.29) is 9.49 Å². The Kier molecular flexibility index (Phi) is 3.49. The molecule has 1 aliphatic heterocycles. The molecule has 0 unspecified atom stereocenters. The summed E-state index contributed by atoms with van der Waals surface area (Å²) in [5, 5.41) is 0. The molecule has 0 aromatic heterocycles. The Labute approximate surface area is 185 Å². The Morgan fingerprint density at radius 1 is 0.400 bits per heavy atom. The SMILES string of the molecule is c1ccc2c(c1)-c1ccccc1C21CSC2(CS1)c1ccccc1-c1ccccc12. The van der Waals surface area contributed by atoms with E-state index in [0.717, 1.165) is 11.5 Å². The molecule has 0 amide bonds. The molecule has 1 fully saturated rings. The number of hydrogen-bond donors (Lipinski definition) is 0. The molecule has 7 rings (SSSR count). The van der Waals surface area contributed by atoms with Crippen LogP contribution in [-0.4, -0.2) is 11.5 Å². The van der Waals surface area contributed by atoms with E-state index in [1.54, 1.807) is 0 Å². The third-order valence-corrected chi connectivity index (χ3v) is 10.7. The highest BCUT2D eigenvalue weighted by Gasteiger charge is 2.54. The van der Waals surface area contributed by atoms with Crippen molar-refractivity contribution in [3.05, 3.63) is 119 Å². The molecule has 2 heteroatoms. The predicted molar refractivity (Wildman–Crippen MR) is 130 cm³/mol.